The summed E-state index contributed by atoms with van der Waals surface area (Å²) < 4.78 is 0. The minimum absolute atomic E-state index is 0.0973. The first-order valence-electron chi connectivity index (χ1n) is 4.72. The van der Waals surface area contributed by atoms with Crippen LogP contribution in [-0.4, -0.2) is 10.9 Å². The van der Waals surface area contributed by atoms with Crippen molar-refractivity contribution in [3.8, 4) is 0 Å². The van der Waals surface area contributed by atoms with Gasteiger partial charge >= 0.3 is 0 Å². The lowest BCUT2D eigenvalue weighted by Gasteiger charge is -1.94. The van der Waals surface area contributed by atoms with E-state index in [2.05, 4.69) is 10.3 Å². The van der Waals surface area contributed by atoms with Gasteiger partial charge in [-0.1, -0.05) is 6.08 Å². The van der Waals surface area contributed by atoms with Crippen molar-refractivity contribution in [2.75, 3.05) is 5.32 Å². The summed E-state index contributed by atoms with van der Waals surface area (Å²) in [5, 5.41) is 3.49. The summed E-state index contributed by atoms with van der Waals surface area (Å²) in [6.07, 6.45) is 6.61. The number of anilines is 1. The molecule has 1 aliphatic carbocycles. The smallest absolute Gasteiger partial charge is 0.249 e. The van der Waals surface area contributed by atoms with Gasteiger partial charge in [-0.15, -0.1) is 11.3 Å². The molecule has 0 bridgehead atoms. The number of hydrogen-bond acceptors (Lipinski definition) is 3. The third-order valence-electron chi connectivity index (χ3n) is 2.14. The minimum atomic E-state index is -0.0973. The molecule has 74 valence electrons. The average molecular weight is 208 g/mol. The first-order chi connectivity index (χ1) is 6.79. The number of amides is 1. The van der Waals surface area contributed by atoms with Crippen LogP contribution in [0.2, 0.25) is 0 Å². The second-order valence-electron chi connectivity index (χ2n) is 3.23. The van der Waals surface area contributed by atoms with Crippen LogP contribution in [0.25, 0.3) is 0 Å². The topological polar surface area (TPSA) is 42.0 Å². The molecule has 1 heterocycles. The largest absolute Gasteiger partial charge is 0.298 e. The number of thiazole rings is 1. The predicted octanol–water partition coefficient (Wildman–Crippen LogP) is 2.15. The SMILES string of the molecule is C/C=C/C(=O)Nc1nc2c(s1)CCC2. The molecule has 2 rings (SSSR count). The Morgan fingerprint density at radius 1 is 1.57 bits per heavy atom. The third-order valence-corrected chi connectivity index (χ3v) is 3.22. The fourth-order valence-corrected chi connectivity index (χ4v) is 2.60. The van der Waals surface area contributed by atoms with Gasteiger partial charge in [-0.2, -0.15) is 0 Å². The fraction of sp³-hybridized carbons (Fsp3) is 0.400. The number of aromatic nitrogens is 1. The highest BCUT2D eigenvalue weighted by Crippen LogP contribution is 2.30. The Balaban J connectivity index is 2.07. The zero-order chi connectivity index (χ0) is 9.97. The maximum atomic E-state index is 11.2. The van der Waals surface area contributed by atoms with Crippen LogP contribution in [-0.2, 0) is 17.6 Å². The van der Waals surface area contributed by atoms with Crippen LogP contribution in [0.1, 0.15) is 23.9 Å². The monoisotopic (exact) mass is 208 g/mol. The highest BCUT2D eigenvalue weighted by atomic mass is 32.1. The van der Waals surface area contributed by atoms with Crippen molar-refractivity contribution in [3.63, 3.8) is 0 Å². The first kappa shape index (κ1) is 9.40. The molecule has 0 fully saturated rings. The van der Waals surface area contributed by atoms with Gasteiger partial charge in [0.15, 0.2) is 5.13 Å². The second kappa shape index (κ2) is 3.92. The highest BCUT2D eigenvalue weighted by Gasteiger charge is 2.16. The van der Waals surface area contributed by atoms with Crippen molar-refractivity contribution >= 4 is 22.4 Å². The molecule has 14 heavy (non-hydrogen) atoms. The molecule has 0 unspecified atom stereocenters. The van der Waals surface area contributed by atoms with Gasteiger partial charge in [0.05, 0.1) is 5.69 Å². The number of rotatable bonds is 2. The van der Waals surface area contributed by atoms with Crippen LogP contribution in [0, 0.1) is 0 Å². The number of carbonyl (C=O) groups is 1. The van der Waals surface area contributed by atoms with Crippen LogP contribution in [0.3, 0.4) is 0 Å². The molecule has 1 amide bonds. The van der Waals surface area contributed by atoms with Crippen LogP contribution in [0.5, 0.6) is 0 Å². The third kappa shape index (κ3) is 1.85. The molecular formula is C10H12N2OS. The van der Waals surface area contributed by atoms with Gasteiger partial charge in [0, 0.05) is 4.88 Å². The molecule has 1 N–H and O–H groups in total. The van der Waals surface area contributed by atoms with E-state index in [1.165, 1.54) is 23.1 Å². The molecule has 0 saturated heterocycles. The van der Waals surface area contributed by atoms with Crippen LogP contribution in [0.4, 0.5) is 5.13 Å². The molecule has 0 spiro atoms. The van der Waals surface area contributed by atoms with Crippen molar-refractivity contribution in [1.82, 2.24) is 4.98 Å². The first-order valence-corrected chi connectivity index (χ1v) is 5.53. The lowest BCUT2D eigenvalue weighted by molar-refractivity contribution is -0.111. The Labute approximate surface area is 86.9 Å². The highest BCUT2D eigenvalue weighted by molar-refractivity contribution is 7.15. The number of aryl methyl sites for hydroxylation is 2. The Morgan fingerprint density at radius 2 is 2.43 bits per heavy atom. The molecule has 0 radical (unpaired) electrons. The average Bonchev–Trinajstić information content (AvgIpc) is 2.63. The van der Waals surface area contributed by atoms with E-state index >= 15 is 0 Å². The second-order valence-corrected chi connectivity index (χ2v) is 4.32. The Kier molecular flexibility index (Phi) is 2.63. The minimum Gasteiger partial charge on any atom is -0.298 e. The van der Waals surface area contributed by atoms with Crippen molar-refractivity contribution in [1.29, 1.82) is 0 Å². The summed E-state index contributed by atoms with van der Waals surface area (Å²) in [4.78, 5) is 16.9. The van der Waals surface area contributed by atoms with Gasteiger partial charge in [0.1, 0.15) is 0 Å². The number of carbonyl (C=O) groups excluding carboxylic acids is 1. The quantitative estimate of drug-likeness (QED) is 0.757. The molecule has 1 aromatic rings. The molecule has 0 saturated carbocycles. The molecule has 0 atom stereocenters. The van der Waals surface area contributed by atoms with Crippen molar-refractivity contribution < 1.29 is 4.79 Å². The van der Waals surface area contributed by atoms with Crippen molar-refractivity contribution in [2.24, 2.45) is 0 Å². The van der Waals surface area contributed by atoms with E-state index in [1.54, 1.807) is 17.4 Å². The van der Waals surface area contributed by atoms with Gasteiger partial charge in [0.25, 0.3) is 0 Å². The summed E-state index contributed by atoms with van der Waals surface area (Å²) >= 11 is 1.60. The van der Waals surface area contributed by atoms with Crippen molar-refractivity contribution in [3.05, 3.63) is 22.7 Å². The lowest BCUT2D eigenvalue weighted by atomic mass is 10.4. The van der Waals surface area contributed by atoms with Crippen LogP contribution >= 0.6 is 11.3 Å². The normalized spacial score (nSPS) is 14.6. The molecule has 0 aromatic carbocycles. The van der Waals surface area contributed by atoms with Gasteiger partial charge < -0.3 is 0 Å². The molecule has 1 aliphatic rings. The summed E-state index contributed by atoms with van der Waals surface area (Å²) in [7, 11) is 0. The van der Waals surface area contributed by atoms with Crippen molar-refractivity contribution in [2.45, 2.75) is 26.2 Å². The van der Waals surface area contributed by atoms with Gasteiger partial charge in [-0.05, 0) is 32.3 Å². The Hall–Kier alpha value is -1.16. The predicted molar refractivity (Wildman–Crippen MR) is 57.6 cm³/mol. The van der Waals surface area contributed by atoms with E-state index in [-0.39, 0.29) is 5.91 Å². The van der Waals surface area contributed by atoms with E-state index < -0.39 is 0 Å². The van der Waals surface area contributed by atoms with Crippen LogP contribution in [0.15, 0.2) is 12.2 Å². The zero-order valence-corrected chi connectivity index (χ0v) is 8.86. The summed E-state index contributed by atoms with van der Waals surface area (Å²) in [6, 6.07) is 0. The summed E-state index contributed by atoms with van der Waals surface area (Å²) in [5.41, 5.74) is 1.17. The number of fused-ring (bicyclic) bond motifs is 1. The summed E-state index contributed by atoms with van der Waals surface area (Å²) in [5.74, 6) is -0.0973. The molecule has 4 heteroatoms. The van der Waals surface area contributed by atoms with E-state index in [4.69, 9.17) is 0 Å². The van der Waals surface area contributed by atoms with Gasteiger partial charge in [0.2, 0.25) is 5.91 Å². The molecule has 1 aromatic heterocycles. The fourth-order valence-electron chi connectivity index (χ4n) is 1.54. The molecular weight excluding hydrogens is 196 g/mol. The number of hydrogen-bond donors (Lipinski definition) is 1. The maximum absolute atomic E-state index is 11.2. The van der Waals surface area contributed by atoms with E-state index in [0.29, 0.717) is 0 Å². The van der Waals surface area contributed by atoms with E-state index in [0.717, 1.165) is 18.0 Å². The zero-order valence-electron chi connectivity index (χ0n) is 8.04. The van der Waals surface area contributed by atoms with Gasteiger partial charge in [-0.3, -0.25) is 10.1 Å². The van der Waals surface area contributed by atoms with E-state index in [1.807, 2.05) is 6.92 Å². The Bertz CT molecular complexity index is 360. The molecule has 3 nitrogen and oxygen atoms in total. The standard InChI is InChI=1S/C10H12N2OS/c1-2-4-9(13)12-10-11-7-5-3-6-8(7)14-10/h2,4H,3,5-6H2,1H3,(H,11,12,13)/b4-2+. The Morgan fingerprint density at radius 3 is 3.14 bits per heavy atom. The number of nitrogens with one attached hydrogen (secondary N) is 1. The van der Waals surface area contributed by atoms with Crippen LogP contribution < -0.4 is 5.32 Å². The maximum Gasteiger partial charge on any atom is 0.249 e. The number of allylic oxidation sites excluding steroid dienone is 1. The number of nitrogens with zero attached hydrogens (tertiary/aromatic N) is 1. The lowest BCUT2D eigenvalue weighted by Crippen LogP contribution is -2.07. The molecule has 0 aliphatic heterocycles. The summed E-state index contributed by atoms with van der Waals surface area (Å²) in [6.45, 7) is 1.82. The van der Waals surface area contributed by atoms with Gasteiger partial charge in [-0.25, -0.2) is 4.98 Å². The van der Waals surface area contributed by atoms with E-state index in [9.17, 15) is 4.79 Å².